The molecule has 126 valence electrons. The van der Waals surface area contributed by atoms with E-state index in [1.54, 1.807) is 12.1 Å². The molecule has 0 unspecified atom stereocenters. The van der Waals surface area contributed by atoms with E-state index in [4.69, 9.17) is 4.84 Å². The normalized spacial score (nSPS) is 16.1. The van der Waals surface area contributed by atoms with Crippen LogP contribution in [0, 0.1) is 5.92 Å². The number of nitrogens with zero attached hydrogens (tertiary/aromatic N) is 2. The van der Waals surface area contributed by atoms with E-state index < -0.39 is 23.3 Å². The van der Waals surface area contributed by atoms with Gasteiger partial charge in [-0.25, -0.2) is 9.78 Å². The third kappa shape index (κ3) is 2.71. The first-order valence-corrected chi connectivity index (χ1v) is 7.83. The number of H-pyrrole nitrogens is 1. The number of amides is 2. The van der Waals surface area contributed by atoms with Crippen molar-refractivity contribution in [1.82, 2.24) is 15.0 Å². The van der Waals surface area contributed by atoms with E-state index in [-0.39, 0.29) is 16.7 Å². The largest absolute Gasteiger partial charge is 0.371 e. The Morgan fingerprint density at radius 3 is 2.36 bits per heavy atom. The number of imide groups is 1. The Bertz CT molecular complexity index is 926. The van der Waals surface area contributed by atoms with Crippen LogP contribution in [0.2, 0.25) is 0 Å². The van der Waals surface area contributed by atoms with Crippen molar-refractivity contribution in [3.05, 3.63) is 63.3 Å². The standard InChI is InChI=1S/C17H13N3O5/c21-14-12(8-18-13(19-14)7-9-5-6-9)17(24)25-20-15(22)10-3-1-2-4-11(10)16(20)23/h1-4,8-9H,5-7H2,(H,18,19,21). The predicted molar refractivity (Wildman–Crippen MR) is 83.6 cm³/mol. The molecule has 0 bridgehead atoms. The highest BCUT2D eigenvalue weighted by Gasteiger charge is 2.39. The van der Waals surface area contributed by atoms with Crippen molar-refractivity contribution in [3.8, 4) is 0 Å². The number of aromatic amines is 1. The Morgan fingerprint density at radius 2 is 1.80 bits per heavy atom. The van der Waals surface area contributed by atoms with Gasteiger partial charge >= 0.3 is 5.97 Å². The minimum atomic E-state index is -1.11. The molecule has 2 aliphatic rings. The van der Waals surface area contributed by atoms with Crippen molar-refractivity contribution in [3.63, 3.8) is 0 Å². The topological polar surface area (TPSA) is 109 Å². The smallest absolute Gasteiger partial charge is 0.324 e. The second-order valence-corrected chi connectivity index (χ2v) is 6.05. The summed E-state index contributed by atoms with van der Waals surface area (Å²) in [5.74, 6) is -1.57. The number of nitrogens with one attached hydrogen (secondary N) is 1. The molecule has 0 saturated heterocycles. The SMILES string of the molecule is O=C(ON1C(=O)c2ccccc2C1=O)c1cnc(CC2CC2)[nH]c1=O. The number of carbonyl (C=O) groups excluding carboxylic acids is 3. The zero-order chi connectivity index (χ0) is 17.6. The van der Waals surface area contributed by atoms with Crippen LogP contribution in [0.1, 0.15) is 49.7 Å². The quantitative estimate of drug-likeness (QED) is 0.835. The van der Waals surface area contributed by atoms with E-state index in [1.807, 2.05) is 0 Å². The number of carbonyl (C=O) groups is 3. The van der Waals surface area contributed by atoms with Crippen molar-refractivity contribution in [2.75, 3.05) is 0 Å². The van der Waals surface area contributed by atoms with Crippen molar-refractivity contribution in [2.24, 2.45) is 5.92 Å². The Morgan fingerprint density at radius 1 is 1.16 bits per heavy atom. The molecule has 1 aromatic carbocycles. The molecule has 2 heterocycles. The molecule has 0 spiro atoms. The molecule has 0 atom stereocenters. The zero-order valence-electron chi connectivity index (χ0n) is 13.0. The van der Waals surface area contributed by atoms with Crippen molar-refractivity contribution >= 4 is 17.8 Å². The highest BCUT2D eigenvalue weighted by atomic mass is 16.7. The number of fused-ring (bicyclic) bond motifs is 1. The van der Waals surface area contributed by atoms with Crippen LogP contribution in [0.3, 0.4) is 0 Å². The van der Waals surface area contributed by atoms with Crippen molar-refractivity contribution in [1.29, 1.82) is 0 Å². The first kappa shape index (κ1) is 15.3. The number of benzene rings is 1. The molecule has 1 aliphatic carbocycles. The molecule has 2 aromatic rings. The number of hydrogen-bond donors (Lipinski definition) is 1. The Hall–Kier alpha value is -3.29. The van der Waals surface area contributed by atoms with Crippen LogP contribution >= 0.6 is 0 Å². The van der Waals surface area contributed by atoms with Crippen LogP contribution < -0.4 is 5.56 Å². The first-order chi connectivity index (χ1) is 12.0. The Labute approximate surface area is 141 Å². The maximum absolute atomic E-state index is 12.2. The molecular formula is C17H13N3O5. The van der Waals surface area contributed by atoms with Crippen LogP contribution in [0.15, 0.2) is 35.3 Å². The molecule has 1 aromatic heterocycles. The molecule has 1 fully saturated rings. The predicted octanol–water partition coefficient (Wildman–Crippen LogP) is 1.09. The van der Waals surface area contributed by atoms with E-state index in [9.17, 15) is 19.2 Å². The van der Waals surface area contributed by atoms with Gasteiger partial charge in [0.05, 0.1) is 11.1 Å². The zero-order valence-corrected chi connectivity index (χ0v) is 13.0. The number of aromatic nitrogens is 2. The summed E-state index contributed by atoms with van der Waals surface area (Å²) in [6, 6.07) is 6.12. The summed E-state index contributed by atoms with van der Waals surface area (Å²) < 4.78 is 0. The average Bonchev–Trinajstić information content (AvgIpc) is 3.38. The molecule has 4 rings (SSSR count). The van der Waals surface area contributed by atoms with E-state index >= 15 is 0 Å². The van der Waals surface area contributed by atoms with Crippen LogP contribution in [0.4, 0.5) is 0 Å². The van der Waals surface area contributed by atoms with E-state index in [0.29, 0.717) is 23.2 Å². The summed E-state index contributed by atoms with van der Waals surface area (Å²) in [6.07, 6.45) is 3.97. The van der Waals surface area contributed by atoms with Gasteiger partial charge in [-0.3, -0.25) is 14.4 Å². The molecule has 1 saturated carbocycles. The molecule has 8 heteroatoms. The van der Waals surface area contributed by atoms with Crippen LogP contribution in [0.5, 0.6) is 0 Å². The maximum atomic E-state index is 12.2. The van der Waals surface area contributed by atoms with Crippen molar-refractivity contribution in [2.45, 2.75) is 19.3 Å². The number of hydroxylamine groups is 2. The van der Waals surface area contributed by atoms with Gasteiger partial charge in [-0.15, -0.1) is 0 Å². The van der Waals surface area contributed by atoms with E-state index in [2.05, 4.69) is 9.97 Å². The molecule has 1 aliphatic heterocycles. The van der Waals surface area contributed by atoms with Gasteiger partial charge < -0.3 is 9.82 Å². The van der Waals surface area contributed by atoms with E-state index in [1.165, 1.54) is 12.1 Å². The van der Waals surface area contributed by atoms with Crippen molar-refractivity contribution < 1.29 is 19.2 Å². The summed E-state index contributed by atoms with van der Waals surface area (Å²) in [7, 11) is 0. The monoisotopic (exact) mass is 339 g/mol. The molecular weight excluding hydrogens is 326 g/mol. The minimum absolute atomic E-state index is 0.145. The van der Waals surface area contributed by atoms with Crippen LogP contribution in [0.25, 0.3) is 0 Å². The third-order valence-electron chi connectivity index (χ3n) is 4.18. The fourth-order valence-electron chi connectivity index (χ4n) is 2.66. The van der Waals surface area contributed by atoms with Gasteiger partial charge in [-0.2, -0.15) is 0 Å². The minimum Gasteiger partial charge on any atom is -0.324 e. The second-order valence-electron chi connectivity index (χ2n) is 6.05. The van der Waals surface area contributed by atoms with Gasteiger partial charge in [0, 0.05) is 12.6 Å². The molecule has 1 N–H and O–H groups in total. The van der Waals surface area contributed by atoms with Gasteiger partial charge in [-0.05, 0) is 30.9 Å². The summed E-state index contributed by atoms with van der Waals surface area (Å²) >= 11 is 0. The average molecular weight is 339 g/mol. The molecule has 0 radical (unpaired) electrons. The van der Waals surface area contributed by atoms with Gasteiger partial charge in [-0.1, -0.05) is 17.2 Å². The van der Waals surface area contributed by atoms with Gasteiger partial charge in [0.15, 0.2) is 0 Å². The second kappa shape index (κ2) is 5.66. The molecule has 8 nitrogen and oxygen atoms in total. The third-order valence-corrected chi connectivity index (χ3v) is 4.18. The van der Waals surface area contributed by atoms with Crippen LogP contribution in [-0.4, -0.2) is 32.8 Å². The lowest BCUT2D eigenvalue weighted by Crippen LogP contribution is -2.34. The summed E-state index contributed by atoms with van der Waals surface area (Å²) in [5, 5.41) is 0.366. The Kier molecular flexibility index (Phi) is 3.45. The van der Waals surface area contributed by atoms with Gasteiger partial charge in [0.1, 0.15) is 11.4 Å². The summed E-state index contributed by atoms with van der Waals surface area (Å²) in [6.45, 7) is 0. The lowest BCUT2D eigenvalue weighted by atomic mass is 10.1. The highest BCUT2D eigenvalue weighted by molar-refractivity contribution is 6.21. The number of hydrogen-bond acceptors (Lipinski definition) is 6. The fourth-order valence-corrected chi connectivity index (χ4v) is 2.66. The maximum Gasteiger partial charge on any atom is 0.371 e. The number of rotatable bonds is 4. The highest BCUT2D eigenvalue weighted by Crippen LogP contribution is 2.31. The first-order valence-electron chi connectivity index (χ1n) is 7.83. The Balaban J connectivity index is 1.54. The fraction of sp³-hybridized carbons (Fsp3) is 0.235. The lowest BCUT2D eigenvalue weighted by molar-refractivity contribution is -0.0586. The van der Waals surface area contributed by atoms with Crippen LogP contribution in [-0.2, 0) is 11.3 Å². The van der Waals surface area contributed by atoms with Gasteiger partial charge in [0.25, 0.3) is 17.4 Å². The summed E-state index contributed by atoms with van der Waals surface area (Å²) in [5.41, 5.74) is -0.734. The van der Waals surface area contributed by atoms with Gasteiger partial charge in [0.2, 0.25) is 0 Å². The molecule has 25 heavy (non-hydrogen) atoms. The lowest BCUT2D eigenvalue weighted by Gasteiger charge is -2.12. The summed E-state index contributed by atoms with van der Waals surface area (Å²) in [4.78, 5) is 60.0. The van der Waals surface area contributed by atoms with E-state index in [0.717, 1.165) is 19.0 Å². The molecule has 2 amide bonds.